The van der Waals surface area contributed by atoms with Crippen molar-refractivity contribution in [2.75, 3.05) is 25.4 Å². The van der Waals surface area contributed by atoms with Gasteiger partial charge in [0.15, 0.2) is 0 Å². The van der Waals surface area contributed by atoms with E-state index in [1.807, 2.05) is 0 Å². The molecule has 1 aromatic rings. The molecule has 6 heteroatoms. The zero-order chi connectivity index (χ0) is 13.1. The van der Waals surface area contributed by atoms with Gasteiger partial charge in [0.1, 0.15) is 11.4 Å². The van der Waals surface area contributed by atoms with Crippen molar-refractivity contribution in [1.82, 2.24) is 20.4 Å². The fraction of sp³-hybridized carbons (Fsp3) is 0.667. The third kappa shape index (κ3) is 2.81. The minimum absolute atomic E-state index is 0.149. The summed E-state index contributed by atoms with van der Waals surface area (Å²) in [5, 5.41) is 9.22. The molecule has 0 aliphatic carbocycles. The fourth-order valence-corrected chi connectivity index (χ4v) is 2.31. The lowest BCUT2D eigenvalue weighted by Crippen LogP contribution is -2.33. The van der Waals surface area contributed by atoms with E-state index in [4.69, 9.17) is 5.73 Å². The number of rotatable bonds is 4. The largest absolute Gasteiger partial charge is 0.383 e. The zero-order valence-corrected chi connectivity index (χ0v) is 10.9. The summed E-state index contributed by atoms with van der Waals surface area (Å²) in [4.78, 5) is 14.3. The van der Waals surface area contributed by atoms with E-state index < -0.39 is 0 Å². The molecule has 1 aromatic heterocycles. The van der Waals surface area contributed by atoms with Crippen molar-refractivity contribution < 1.29 is 4.79 Å². The van der Waals surface area contributed by atoms with Crippen molar-refractivity contribution in [2.45, 2.75) is 26.3 Å². The van der Waals surface area contributed by atoms with E-state index in [0.717, 1.165) is 19.5 Å². The van der Waals surface area contributed by atoms with Crippen LogP contribution in [0.4, 0.5) is 5.82 Å². The van der Waals surface area contributed by atoms with Gasteiger partial charge in [-0.05, 0) is 32.7 Å². The average Bonchev–Trinajstić information content (AvgIpc) is 2.94. The van der Waals surface area contributed by atoms with Gasteiger partial charge in [0.05, 0.1) is 6.20 Å². The summed E-state index contributed by atoms with van der Waals surface area (Å²) in [6.07, 6.45) is 2.60. The molecule has 1 amide bonds. The van der Waals surface area contributed by atoms with Crippen LogP contribution in [0.2, 0.25) is 0 Å². The number of nitrogens with two attached hydrogens (primary N) is 1. The van der Waals surface area contributed by atoms with E-state index in [0.29, 0.717) is 29.9 Å². The van der Waals surface area contributed by atoms with Gasteiger partial charge in [-0.25, -0.2) is 0 Å². The first-order valence-electron chi connectivity index (χ1n) is 6.39. The normalized spacial score (nSPS) is 20.5. The van der Waals surface area contributed by atoms with Crippen LogP contribution in [0.1, 0.15) is 30.6 Å². The smallest absolute Gasteiger partial charge is 0.256 e. The summed E-state index contributed by atoms with van der Waals surface area (Å²) in [5.41, 5.74) is 6.02. The van der Waals surface area contributed by atoms with Crippen molar-refractivity contribution in [2.24, 2.45) is 5.92 Å². The molecule has 1 aliphatic heterocycles. The molecule has 2 rings (SSSR count). The minimum Gasteiger partial charge on any atom is -0.383 e. The number of carbonyl (C=O) groups is 1. The quantitative estimate of drug-likeness (QED) is 0.725. The first-order valence-corrected chi connectivity index (χ1v) is 6.39. The zero-order valence-electron chi connectivity index (χ0n) is 10.9. The molecular weight excluding hydrogens is 230 g/mol. The number of nitrogens with one attached hydrogen (secondary N) is 2. The molecular formula is C12H21N5O. The second kappa shape index (κ2) is 5.39. The van der Waals surface area contributed by atoms with Crippen LogP contribution in [0.25, 0.3) is 0 Å². The summed E-state index contributed by atoms with van der Waals surface area (Å²) >= 11 is 0. The topological polar surface area (TPSA) is 87.0 Å². The van der Waals surface area contributed by atoms with Crippen molar-refractivity contribution >= 4 is 11.7 Å². The summed E-state index contributed by atoms with van der Waals surface area (Å²) in [5.74, 6) is 0.705. The second-order valence-corrected chi connectivity index (χ2v) is 5.15. The van der Waals surface area contributed by atoms with E-state index in [1.165, 1.54) is 6.20 Å². The Morgan fingerprint density at radius 2 is 2.50 bits per heavy atom. The van der Waals surface area contributed by atoms with Crippen molar-refractivity contribution in [3.63, 3.8) is 0 Å². The molecule has 1 unspecified atom stereocenters. The molecule has 1 atom stereocenters. The predicted molar refractivity (Wildman–Crippen MR) is 70.1 cm³/mol. The van der Waals surface area contributed by atoms with Crippen LogP contribution in [-0.4, -0.2) is 46.7 Å². The third-order valence-electron chi connectivity index (χ3n) is 3.51. The van der Waals surface area contributed by atoms with Crippen LogP contribution >= 0.6 is 0 Å². The lowest BCUT2D eigenvalue weighted by Gasteiger charge is -2.20. The summed E-state index contributed by atoms with van der Waals surface area (Å²) < 4.78 is 0. The lowest BCUT2D eigenvalue weighted by atomic mass is 10.1. The van der Waals surface area contributed by atoms with E-state index in [9.17, 15) is 4.79 Å². The van der Waals surface area contributed by atoms with E-state index in [-0.39, 0.29) is 5.91 Å². The molecule has 0 saturated carbocycles. The molecule has 6 nitrogen and oxygen atoms in total. The number of amides is 1. The lowest BCUT2D eigenvalue weighted by molar-refractivity contribution is 0.0948. The van der Waals surface area contributed by atoms with E-state index in [2.05, 4.69) is 34.3 Å². The summed E-state index contributed by atoms with van der Waals surface area (Å²) in [6, 6.07) is 0.579. The first kappa shape index (κ1) is 12.9. The number of anilines is 1. The molecule has 0 radical (unpaired) electrons. The van der Waals surface area contributed by atoms with Gasteiger partial charge in [0.25, 0.3) is 5.91 Å². The third-order valence-corrected chi connectivity index (χ3v) is 3.51. The standard InChI is InChI=1S/C12H21N5O/c1-8(2)17-4-3-9(7-17)5-14-12(18)10-6-15-16-11(10)13/h6,8-9H,3-5,7H2,1-2H3,(H,14,18)(H3,13,15,16). The minimum atomic E-state index is -0.149. The van der Waals surface area contributed by atoms with E-state index in [1.54, 1.807) is 0 Å². The highest BCUT2D eigenvalue weighted by Crippen LogP contribution is 2.17. The SMILES string of the molecule is CC(C)N1CCC(CNC(=O)c2cn[nH]c2N)C1. The van der Waals surface area contributed by atoms with E-state index >= 15 is 0 Å². The van der Waals surface area contributed by atoms with Crippen molar-refractivity contribution in [1.29, 1.82) is 0 Å². The van der Waals surface area contributed by atoms with Gasteiger partial charge in [-0.1, -0.05) is 0 Å². The maximum atomic E-state index is 11.8. The van der Waals surface area contributed by atoms with Crippen LogP contribution in [0.15, 0.2) is 6.20 Å². The molecule has 0 spiro atoms. The molecule has 100 valence electrons. The van der Waals surface area contributed by atoms with Crippen LogP contribution in [0.5, 0.6) is 0 Å². The van der Waals surface area contributed by atoms with Gasteiger partial charge in [0.2, 0.25) is 0 Å². The number of hydrogen-bond donors (Lipinski definition) is 3. The molecule has 0 aromatic carbocycles. The van der Waals surface area contributed by atoms with Gasteiger partial charge in [-0.2, -0.15) is 5.10 Å². The molecule has 18 heavy (non-hydrogen) atoms. The average molecular weight is 251 g/mol. The Kier molecular flexibility index (Phi) is 3.86. The van der Waals surface area contributed by atoms with Gasteiger partial charge in [-0.3, -0.25) is 9.89 Å². The van der Waals surface area contributed by atoms with Crippen LogP contribution in [0, 0.1) is 5.92 Å². The van der Waals surface area contributed by atoms with Gasteiger partial charge < -0.3 is 16.0 Å². The monoisotopic (exact) mass is 251 g/mol. The van der Waals surface area contributed by atoms with Crippen LogP contribution in [0.3, 0.4) is 0 Å². The molecule has 0 bridgehead atoms. The Labute approximate surface area is 107 Å². The number of nitrogens with zero attached hydrogens (tertiary/aromatic N) is 2. The highest BCUT2D eigenvalue weighted by molar-refractivity contribution is 5.98. The molecule has 1 aliphatic rings. The van der Waals surface area contributed by atoms with Crippen molar-refractivity contribution in [3.8, 4) is 0 Å². The predicted octanol–water partition coefficient (Wildman–Crippen LogP) is 0.452. The number of aromatic nitrogens is 2. The number of carbonyl (C=O) groups excluding carboxylic acids is 1. The number of likely N-dealkylation sites (tertiary alicyclic amines) is 1. The van der Waals surface area contributed by atoms with Gasteiger partial charge >= 0.3 is 0 Å². The number of hydrogen-bond acceptors (Lipinski definition) is 4. The number of nitrogen functional groups attached to an aromatic ring is 1. The Morgan fingerprint density at radius 1 is 1.72 bits per heavy atom. The number of H-pyrrole nitrogens is 1. The maximum Gasteiger partial charge on any atom is 0.256 e. The summed E-state index contributed by atoms with van der Waals surface area (Å²) in [7, 11) is 0. The molecule has 1 saturated heterocycles. The Hall–Kier alpha value is -1.56. The highest BCUT2D eigenvalue weighted by atomic mass is 16.1. The Morgan fingerprint density at radius 3 is 3.06 bits per heavy atom. The van der Waals surface area contributed by atoms with Gasteiger partial charge in [-0.15, -0.1) is 0 Å². The molecule has 1 fully saturated rings. The summed E-state index contributed by atoms with van der Waals surface area (Å²) in [6.45, 7) is 7.28. The second-order valence-electron chi connectivity index (χ2n) is 5.15. The van der Waals surface area contributed by atoms with Crippen molar-refractivity contribution in [3.05, 3.63) is 11.8 Å². The van der Waals surface area contributed by atoms with Gasteiger partial charge in [0, 0.05) is 19.1 Å². The molecule has 4 N–H and O–H groups in total. The maximum absolute atomic E-state index is 11.8. The number of aromatic amines is 1. The molecule has 2 heterocycles. The first-order chi connectivity index (χ1) is 8.58. The van der Waals surface area contributed by atoms with Crippen LogP contribution < -0.4 is 11.1 Å². The fourth-order valence-electron chi connectivity index (χ4n) is 2.31. The Balaban J connectivity index is 1.79. The van der Waals surface area contributed by atoms with Crippen LogP contribution in [-0.2, 0) is 0 Å². The Bertz CT molecular complexity index is 414. The highest BCUT2D eigenvalue weighted by Gasteiger charge is 2.24.